The first-order chi connectivity index (χ1) is 28.6. The van der Waals surface area contributed by atoms with Crippen molar-refractivity contribution in [3.63, 3.8) is 0 Å². The highest BCUT2D eigenvalue weighted by Gasteiger charge is 2.24. The van der Waals surface area contributed by atoms with Gasteiger partial charge in [0.15, 0.2) is 0 Å². The largest absolute Gasteiger partial charge is 0.456 e. The minimum atomic E-state index is 0.265. The zero-order valence-electron chi connectivity index (χ0n) is 32.8. The number of rotatable bonds is 7. The van der Waals surface area contributed by atoms with Crippen molar-refractivity contribution in [2.45, 2.75) is 32.6 Å². The minimum Gasteiger partial charge on any atom is -0.456 e. The Kier molecular flexibility index (Phi) is 8.22. The SMILES string of the molecule is CC/C=C(\C=C/[C@H](C)c1ccc2ccccc2c1)c1c2ccccc2c(-c2cccc(-c3ccc4oc5c6c(ccc5c4c3)-c3ccccc3C6)c2)c2ccccc12. The lowest BCUT2D eigenvalue weighted by Crippen LogP contribution is -1.94. The second-order valence-corrected chi connectivity index (χ2v) is 15.9. The van der Waals surface area contributed by atoms with Gasteiger partial charge in [0.05, 0.1) is 0 Å². The van der Waals surface area contributed by atoms with Gasteiger partial charge in [-0.1, -0.05) is 178 Å². The minimum absolute atomic E-state index is 0.265. The van der Waals surface area contributed by atoms with E-state index in [0.29, 0.717) is 0 Å². The molecule has 1 aliphatic rings. The molecule has 9 aromatic carbocycles. The number of hydrogen-bond donors (Lipinski definition) is 0. The summed E-state index contributed by atoms with van der Waals surface area (Å²) >= 11 is 0. The highest BCUT2D eigenvalue weighted by molar-refractivity contribution is 6.19. The first-order valence-electron chi connectivity index (χ1n) is 20.6. The summed E-state index contributed by atoms with van der Waals surface area (Å²) in [6, 6.07) is 62.5. The zero-order chi connectivity index (χ0) is 38.7. The summed E-state index contributed by atoms with van der Waals surface area (Å²) in [5.74, 6) is 0.265. The fraction of sp³-hybridized carbons (Fsp3) is 0.0877. The summed E-state index contributed by atoms with van der Waals surface area (Å²) in [5.41, 5.74) is 16.0. The van der Waals surface area contributed by atoms with E-state index < -0.39 is 0 Å². The van der Waals surface area contributed by atoms with Crippen LogP contribution in [0, 0.1) is 0 Å². The number of hydrogen-bond acceptors (Lipinski definition) is 1. The zero-order valence-corrected chi connectivity index (χ0v) is 32.8. The molecule has 276 valence electrons. The van der Waals surface area contributed by atoms with Crippen molar-refractivity contribution in [3.8, 4) is 33.4 Å². The summed E-state index contributed by atoms with van der Waals surface area (Å²) in [5, 5.41) is 9.97. The Morgan fingerprint density at radius 2 is 1.28 bits per heavy atom. The maximum atomic E-state index is 6.61. The molecular weight excluding hydrogens is 701 g/mol. The Labute approximate surface area is 339 Å². The van der Waals surface area contributed by atoms with Gasteiger partial charge in [-0.3, -0.25) is 0 Å². The number of furan rings is 1. The smallest absolute Gasteiger partial charge is 0.139 e. The van der Waals surface area contributed by atoms with E-state index in [9.17, 15) is 0 Å². The monoisotopic (exact) mass is 742 g/mol. The third-order valence-corrected chi connectivity index (χ3v) is 12.4. The molecule has 0 saturated carbocycles. The van der Waals surface area contributed by atoms with E-state index in [2.05, 4.69) is 202 Å². The fourth-order valence-corrected chi connectivity index (χ4v) is 9.56. The van der Waals surface area contributed by atoms with Crippen LogP contribution in [0.1, 0.15) is 48.4 Å². The second-order valence-electron chi connectivity index (χ2n) is 15.9. The molecule has 1 heteroatoms. The van der Waals surface area contributed by atoms with Crippen LogP contribution in [0.3, 0.4) is 0 Å². The molecule has 0 fully saturated rings. The van der Waals surface area contributed by atoms with Crippen LogP contribution in [0.2, 0.25) is 0 Å². The van der Waals surface area contributed by atoms with Crippen LogP contribution in [0.25, 0.3) is 93.2 Å². The van der Waals surface area contributed by atoms with Gasteiger partial charge in [0.25, 0.3) is 0 Å². The average molecular weight is 743 g/mol. The summed E-state index contributed by atoms with van der Waals surface area (Å²) in [7, 11) is 0. The van der Waals surface area contributed by atoms with Gasteiger partial charge in [0, 0.05) is 22.8 Å². The van der Waals surface area contributed by atoms with Gasteiger partial charge in [0.1, 0.15) is 11.2 Å². The third-order valence-electron chi connectivity index (χ3n) is 12.4. The topological polar surface area (TPSA) is 13.1 Å². The van der Waals surface area contributed by atoms with Gasteiger partial charge in [-0.2, -0.15) is 0 Å². The van der Waals surface area contributed by atoms with Crippen molar-refractivity contribution in [1.29, 1.82) is 0 Å². The lowest BCUT2D eigenvalue weighted by molar-refractivity contribution is 0.665. The van der Waals surface area contributed by atoms with Crippen molar-refractivity contribution in [2.24, 2.45) is 0 Å². The highest BCUT2D eigenvalue weighted by Crippen LogP contribution is 2.45. The van der Waals surface area contributed by atoms with Crippen molar-refractivity contribution in [2.75, 3.05) is 0 Å². The van der Waals surface area contributed by atoms with E-state index in [1.54, 1.807) is 0 Å². The second kappa shape index (κ2) is 13.9. The van der Waals surface area contributed by atoms with Crippen LogP contribution in [0.4, 0.5) is 0 Å². The molecule has 0 radical (unpaired) electrons. The molecule has 1 nitrogen and oxygen atoms in total. The molecule has 0 amide bonds. The van der Waals surface area contributed by atoms with E-state index >= 15 is 0 Å². The molecule has 0 saturated heterocycles. The molecule has 0 bridgehead atoms. The normalized spacial score (nSPS) is 13.3. The van der Waals surface area contributed by atoms with E-state index in [4.69, 9.17) is 4.42 Å². The fourth-order valence-electron chi connectivity index (χ4n) is 9.56. The molecule has 0 aliphatic heterocycles. The Balaban J connectivity index is 1.01. The summed E-state index contributed by atoms with van der Waals surface area (Å²) in [4.78, 5) is 0. The maximum absolute atomic E-state index is 6.61. The molecular formula is C57H42O. The molecule has 0 N–H and O–H groups in total. The van der Waals surface area contributed by atoms with Crippen molar-refractivity contribution in [3.05, 3.63) is 210 Å². The first kappa shape index (κ1) is 34.3. The van der Waals surface area contributed by atoms with Crippen molar-refractivity contribution >= 4 is 59.8 Å². The maximum Gasteiger partial charge on any atom is 0.139 e. The van der Waals surface area contributed by atoms with Gasteiger partial charge < -0.3 is 4.42 Å². The van der Waals surface area contributed by atoms with Crippen LogP contribution < -0.4 is 0 Å². The number of benzene rings is 9. The molecule has 1 heterocycles. The average Bonchev–Trinajstić information content (AvgIpc) is 3.85. The third kappa shape index (κ3) is 5.61. The lowest BCUT2D eigenvalue weighted by Gasteiger charge is -2.19. The van der Waals surface area contributed by atoms with E-state index in [-0.39, 0.29) is 5.92 Å². The predicted octanol–water partition coefficient (Wildman–Crippen LogP) is 16.1. The van der Waals surface area contributed by atoms with Crippen LogP contribution >= 0.6 is 0 Å². The number of fused-ring (bicyclic) bond motifs is 10. The summed E-state index contributed by atoms with van der Waals surface area (Å²) in [6.45, 7) is 4.54. The molecule has 11 rings (SSSR count). The standard InChI is InChI=1S/C57H42O/c1-3-13-38(25-24-36(2)39-27-26-37-14-4-5-15-40(37)32-39)55-47-20-8-10-22-49(47)56(50-23-11-9-21-48(50)55)44-18-12-17-41(33-44)42-28-31-54-52(34-42)51-30-29-46-45-19-7-6-16-43(45)35-53(46)57(51)58-54/h4-34,36H,3,35H2,1-2H3/b25-24-,38-13+/t36-/m0/s1. The highest BCUT2D eigenvalue weighted by atomic mass is 16.3. The van der Waals surface area contributed by atoms with Crippen molar-refractivity contribution in [1.82, 2.24) is 0 Å². The van der Waals surface area contributed by atoms with Gasteiger partial charge >= 0.3 is 0 Å². The van der Waals surface area contributed by atoms with E-state index in [1.807, 2.05) is 0 Å². The molecule has 0 unspecified atom stereocenters. The van der Waals surface area contributed by atoms with Gasteiger partial charge in [-0.25, -0.2) is 0 Å². The van der Waals surface area contributed by atoms with Crippen molar-refractivity contribution < 1.29 is 4.42 Å². The van der Waals surface area contributed by atoms with Gasteiger partial charge in [-0.15, -0.1) is 0 Å². The first-order valence-corrected chi connectivity index (χ1v) is 20.6. The van der Waals surface area contributed by atoms with Gasteiger partial charge in [0.2, 0.25) is 0 Å². The Morgan fingerprint density at radius 3 is 2.09 bits per heavy atom. The molecule has 1 aromatic heterocycles. The quantitative estimate of drug-likeness (QED) is 0.117. The Hall–Kier alpha value is -6.96. The van der Waals surface area contributed by atoms with Crippen LogP contribution in [-0.4, -0.2) is 0 Å². The molecule has 1 aliphatic carbocycles. The molecule has 10 aromatic rings. The van der Waals surface area contributed by atoms with E-state index in [1.165, 1.54) is 98.9 Å². The number of allylic oxidation sites excluding steroid dienone is 4. The summed E-state index contributed by atoms with van der Waals surface area (Å²) < 4.78 is 6.61. The summed E-state index contributed by atoms with van der Waals surface area (Å²) in [6.07, 6.45) is 8.98. The van der Waals surface area contributed by atoms with Gasteiger partial charge in [-0.05, 0) is 125 Å². The molecule has 1 atom stereocenters. The molecule has 0 spiro atoms. The van der Waals surface area contributed by atoms with Crippen LogP contribution in [0.5, 0.6) is 0 Å². The molecule has 58 heavy (non-hydrogen) atoms. The van der Waals surface area contributed by atoms with Crippen LogP contribution in [-0.2, 0) is 6.42 Å². The lowest BCUT2D eigenvalue weighted by atomic mass is 9.84. The van der Waals surface area contributed by atoms with E-state index in [0.717, 1.165) is 29.4 Å². The van der Waals surface area contributed by atoms with Crippen LogP contribution in [0.15, 0.2) is 193 Å². The Bertz CT molecular complexity index is 3260. The Morgan fingerprint density at radius 1 is 0.569 bits per heavy atom. The predicted molar refractivity (Wildman–Crippen MR) is 248 cm³/mol.